The van der Waals surface area contributed by atoms with Crippen LogP contribution in [0.5, 0.6) is 11.5 Å². The molecule has 1 aromatic rings. The second-order valence-corrected chi connectivity index (χ2v) is 3.60. The van der Waals surface area contributed by atoms with Gasteiger partial charge in [0.2, 0.25) is 6.79 Å². The molecular weight excluding hydrogens is 236 g/mol. The number of hydrogen-bond donors (Lipinski definition) is 0. The molecule has 0 unspecified atom stereocenters. The topological polar surface area (TPSA) is 35.5 Å². The van der Waals surface area contributed by atoms with E-state index < -0.39 is 0 Å². The largest absolute Gasteiger partial charge is 0.454 e. The van der Waals surface area contributed by atoms with Gasteiger partial charge in [0.1, 0.15) is 0 Å². The fourth-order valence-corrected chi connectivity index (χ4v) is 1.79. The molecule has 0 spiro atoms. The molecule has 0 atom stereocenters. The maximum atomic E-state index is 11.1. The molecule has 13 heavy (non-hydrogen) atoms. The lowest BCUT2D eigenvalue weighted by Gasteiger charge is -2.01. The summed E-state index contributed by atoms with van der Waals surface area (Å²) in [5.74, 6) is 1.32. The zero-order valence-corrected chi connectivity index (χ0v) is 8.55. The van der Waals surface area contributed by atoms with Crippen molar-refractivity contribution in [2.75, 3.05) is 6.79 Å². The van der Waals surface area contributed by atoms with Gasteiger partial charge in [0.05, 0.1) is 0 Å². The smallest absolute Gasteiger partial charge is 0.231 e. The van der Waals surface area contributed by atoms with Gasteiger partial charge in [-0.25, -0.2) is 0 Å². The van der Waals surface area contributed by atoms with E-state index in [9.17, 15) is 4.79 Å². The fraction of sp³-hybridized carbons (Fsp3) is 0.222. The van der Waals surface area contributed by atoms with E-state index in [1.165, 1.54) is 6.92 Å². The van der Waals surface area contributed by atoms with E-state index in [1.807, 2.05) is 0 Å². The van der Waals surface area contributed by atoms with Gasteiger partial charge >= 0.3 is 0 Å². The van der Waals surface area contributed by atoms with Gasteiger partial charge in [0.15, 0.2) is 17.3 Å². The van der Waals surface area contributed by atoms with Crippen molar-refractivity contribution in [3.63, 3.8) is 0 Å². The molecule has 68 valence electrons. The van der Waals surface area contributed by atoms with Crippen LogP contribution >= 0.6 is 15.9 Å². The molecule has 1 aromatic carbocycles. The SMILES string of the molecule is CC(=O)c1cc2c(cc1Br)OCO2. The molecule has 0 amide bonds. The van der Waals surface area contributed by atoms with Gasteiger partial charge in [-0.05, 0) is 35.0 Å². The summed E-state index contributed by atoms with van der Waals surface area (Å²) in [6.45, 7) is 1.74. The van der Waals surface area contributed by atoms with Crippen LogP contribution in [0, 0.1) is 0 Å². The zero-order valence-electron chi connectivity index (χ0n) is 6.96. The lowest BCUT2D eigenvalue weighted by atomic mass is 10.1. The minimum Gasteiger partial charge on any atom is -0.454 e. The molecule has 0 aliphatic carbocycles. The molecule has 0 fully saturated rings. The van der Waals surface area contributed by atoms with Crippen molar-refractivity contribution < 1.29 is 14.3 Å². The van der Waals surface area contributed by atoms with E-state index in [-0.39, 0.29) is 12.6 Å². The predicted molar refractivity (Wildman–Crippen MR) is 50.3 cm³/mol. The summed E-state index contributed by atoms with van der Waals surface area (Å²) in [6, 6.07) is 3.44. The molecule has 1 heterocycles. The average Bonchev–Trinajstić information content (AvgIpc) is 2.48. The lowest BCUT2D eigenvalue weighted by molar-refractivity contribution is 0.101. The fourth-order valence-electron chi connectivity index (χ4n) is 1.19. The maximum absolute atomic E-state index is 11.1. The normalized spacial score (nSPS) is 13.1. The number of Topliss-reactive ketones (excluding diaryl/α,β-unsaturated/α-hetero) is 1. The van der Waals surface area contributed by atoms with Crippen molar-refractivity contribution in [2.45, 2.75) is 6.92 Å². The molecule has 2 rings (SSSR count). The Hall–Kier alpha value is -1.03. The summed E-state index contributed by atoms with van der Waals surface area (Å²) >= 11 is 3.29. The third-order valence-corrected chi connectivity index (χ3v) is 2.50. The summed E-state index contributed by atoms with van der Waals surface area (Å²) < 4.78 is 11.0. The first-order valence-corrected chi connectivity index (χ1v) is 4.58. The van der Waals surface area contributed by atoms with Gasteiger partial charge in [-0.2, -0.15) is 0 Å². The lowest BCUT2D eigenvalue weighted by Crippen LogP contribution is -1.94. The van der Waals surface area contributed by atoms with E-state index in [0.717, 1.165) is 4.47 Å². The number of rotatable bonds is 1. The van der Waals surface area contributed by atoms with Crippen LogP contribution in [0.25, 0.3) is 0 Å². The first-order valence-electron chi connectivity index (χ1n) is 3.78. The molecule has 3 nitrogen and oxygen atoms in total. The Morgan fingerprint density at radius 2 is 2.00 bits per heavy atom. The molecule has 1 aliphatic rings. The highest BCUT2D eigenvalue weighted by atomic mass is 79.9. The van der Waals surface area contributed by atoms with Gasteiger partial charge in [-0.15, -0.1) is 0 Å². The van der Waals surface area contributed by atoms with Crippen molar-refractivity contribution in [1.82, 2.24) is 0 Å². The molecule has 0 aromatic heterocycles. The first kappa shape index (κ1) is 8.56. The number of hydrogen-bond acceptors (Lipinski definition) is 3. The van der Waals surface area contributed by atoms with Gasteiger partial charge in [0.25, 0.3) is 0 Å². The average molecular weight is 243 g/mol. The summed E-state index contributed by atoms with van der Waals surface area (Å²) in [5.41, 5.74) is 0.615. The second kappa shape index (κ2) is 3.03. The number of fused-ring (bicyclic) bond motifs is 1. The van der Waals surface area contributed by atoms with Crippen LogP contribution in [-0.2, 0) is 0 Å². The van der Waals surface area contributed by atoms with Crippen LogP contribution in [-0.4, -0.2) is 12.6 Å². The van der Waals surface area contributed by atoms with E-state index in [4.69, 9.17) is 9.47 Å². The van der Waals surface area contributed by atoms with Crippen molar-refractivity contribution in [3.05, 3.63) is 22.2 Å². The third kappa shape index (κ3) is 1.42. The first-order chi connectivity index (χ1) is 6.18. The number of halogens is 1. The number of benzene rings is 1. The summed E-state index contributed by atoms with van der Waals surface area (Å²) in [7, 11) is 0. The van der Waals surface area contributed by atoms with Crippen molar-refractivity contribution >= 4 is 21.7 Å². The highest BCUT2D eigenvalue weighted by Gasteiger charge is 2.17. The summed E-state index contributed by atoms with van der Waals surface area (Å²) in [4.78, 5) is 11.1. The van der Waals surface area contributed by atoms with Crippen molar-refractivity contribution in [1.29, 1.82) is 0 Å². The van der Waals surface area contributed by atoms with Crippen LogP contribution in [0.4, 0.5) is 0 Å². The maximum Gasteiger partial charge on any atom is 0.231 e. The molecule has 0 radical (unpaired) electrons. The monoisotopic (exact) mass is 242 g/mol. The Bertz CT molecular complexity index is 373. The van der Waals surface area contributed by atoms with Crippen LogP contribution in [0.2, 0.25) is 0 Å². The molecule has 0 N–H and O–H groups in total. The molecule has 0 saturated carbocycles. The van der Waals surface area contributed by atoms with Crippen LogP contribution in [0.3, 0.4) is 0 Å². The van der Waals surface area contributed by atoms with Crippen LogP contribution < -0.4 is 9.47 Å². The second-order valence-electron chi connectivity index (χ2n) is 2.74. The van der Waals surface area contributed by atoms with Crippen molar-refractivity contribution in [3.8, 4) is 11.5 Å². The predicted octanol–water partition coefficient (Wildman–Crippen LogP) is 2.38. The third-order valence-electron chi connectivity index (χ3n) is 1.84. The Kier molecular flexibility index (Phi) is 2.00. The molecule has 1 aliphatic heterocycles. The number of ether oxygens (including phenoxy) is 2. The molecular formula is C9H7BrO3. The number of carbonyl (C=O) groups is 1. The quantitative estimate of drug-likeness (QED) is 0.710. The van der Waals surface area contributed by atoms with E-state index in [0.29, 0.717) is 17.1 Å². The molecule has 0 bridgehead atoms. The Morgan fingerprint density at radius 1 is 1.38 bits per heavy atom. The van der Waals surface area contributed by atoms with Gasteiger partial charge in [0, 0.05) is 10.0 Å². The Morgan fingerprint density at radius 3 is 2.62 bits per heavy atom. The zero-order chi connectivity index (χ0) is 9.42. The number of carbonyl (C=O) groups excluding carboxylic acids is 1. The molecule has 4 heteroatoms. The summed E-state index contributed by atoms with van der Waals surface area (Å²) in [6.07, 6.45) is 0. The van der Waals surface area contributed by atoms with E-state index >= 15 is 0 Å². The van der Waals surface area contributed by atoms with Gasteiger partial charge < -0.3 is 9.47 Å². The van der Waals surface area contributed by atoms with E-state index in [1.54, 1.807) is 12.1 Å². The van der Waals surface area contributed by atoms with E-state index in [2.05, 4.69) is 15.9 Å². The minimum absolute atomic E-state index is 0.00479. The highest BCUT2D eigenvalue weighted by molar-refractivity contribution is 9.10. The molecule has 0 saturated heterocycles. The number of ketones is 1. The standard InChI is InChI=1S/C9H7BrO3/c1-5(11)6-2-8-9(3-7(6)10)13-4-12-8/h2-3H,4H2,1H3. The van der Waals surface area contributed by atoms with Gasteiger partial charge in [-0.1, -0.05) is 0 Å². The Balaban J connectivity index is 2.55. The Labute approximate surface area is 83.8 Å². The minimum atomic E-state index is 0.00479. The summed E-state index contributed by atoms with van der Waals surface area (Å²) in [5, 5.41) is 0. The van der Waals surface area contributed by atoms with Crippen molar-refractivity contribution in [2.24, 2.45) is 0 Å². The highest BCUT2D eigenvalue weighted by Crippen LogP contribution is 2.36. The van der Waals surface area contributed by atoms with Crippen LogP contribution in [0.15, 0.2) is 16.6 Å². The van der Waals surface area contributed by atoms with Gasteiger partial charge in [-0.3, -0.25) is 4.79 Å². The van der Waals surface area contributed by atoms with Crippen LogP contribution in [0.1, 0.15) is 17.3 Å².